The summed E-state index contributed by atoms with van der Waals surface area (Å²) in [5.74, 6) is 1.69. The molecule has 0 spiro atoms. The van der Waals surface area contributed by atoms with Crippen LogP contribution in [-0.4, -0.2) is 24.1 Å². The van der Waals surface area contributed by atoms with E-state index in [2.05, 4.69) is 185 Å². The number of benzene rings is 9. The molecule has 0 amide bonds. The summed E-state index contributed by atoms with van der Waals surface area (Å²) >= 11 is 0. The molecule has 4 heterocycles. The van der Waals surface area contributed by atoms with Gasteiger partial charge in [0.05, 0.1) is 27.8 Å². The van der Waals surface area contributed by atoms with Crippen molar-refractivity contribution in [1.29, 1.82) is 0 Å². The van der Waals surface area contributed by atoms with Gasteiger partial charge in [0.15, 0.2) is 11.6 Å². The van der Waals surface area contributed by atoms with E-state index in [1.54, 1.807) is 0 Å². The van der Waals surface area contributed by atoms with Crippen LogP contribution >= 0.6 is 0 Å². The maximum atomic E-state index is 6.37. The normalized spacial score (nSPS) is 11.8. The van der Waals surface area contributed by atoms with Gasteiger partial charge in [-0.1, -0.05) is 170 Å². The highest BCUT2D eigenvalue weighted by Gasteiger charge is 2.24. The second-order valence-corrected chi connectivity index (χ2v) is 16.0. The van der Waals surface area contributed by atoms with E-state index in [-0.39, 0.29) is 0 Å². The van der Waals surface area contributed by atoms with Crippen LogP contribution in [0, 0.1) is 0 Å². The minimum absolute atomic E-state index is 0.537. The van der Waals surface area contributed by atoms with Gasteiger partial charge in [-0.3, -0.25) is 4.57 Å². The lowest BCUT2D eigenvalue weighted by Crippen LogP contribution is -2.06. The SMILES string of the molecule is c1ccc(-c2ccc(-c3ccccc3)c(-n3c4ccccc4c4c3ccc3c5ccccc5n(-c5nc(-c6ccccc6)nc(-c6ccc7c(c6)oc6ccccc67)n5)c34)c2)cc1. The van der Waals surface area contributed by atoms with Gasteiger partial charge in [-0.15, -0.1) is 0 Å². The Hall–Kier alpha value is -8.61. The van der Waals surface area contributed by atoms with Crippen molar-refractivity contribution in [3.63, 3.8) is 0 Å². The molecule has 0 unspecified atom stereocenters. The molecule has 63 heavy (non-hydrogen) atoms. The van der Waals surface area contributed by atoms with Crippen LogP contribution in [0.25, 0.3) is 122 Å². The molecule has 0 saturated carbocycles. The van der Waals surface area contributed by atoms with Crippen LogP contribution in [0.2, 0.25) is 0 Å². The van der Waals surface area contributed by atoms with Crippen LogP contribution in [0.5, 0.6) is 0 Å². The molecule has 294 valence electrons. The molecule has 0 fully saturated rings. The lowest BCUT2D eigenvalue weighted by atomic mass is 9.98. The Bertz CT molecular complexity index is 3900. The number of nitrogens with zero attached hydrogens (tertiary/aromatic N) is 5. The molecule has 6 heteroatoms. The van der Waals surface area contributed by atoms with Crippen molar-refractivity contribution < 1.29 is 4.42 Å². The highest BCUT2D eigenvalue weighted by molar-refractivity contribution is 6.26. The molecule has 4 aromatic heterocycles. The number of hydrogen-bond donors (Lipinski definition) is 0. The third-order valence-corrected chi connectivity index (χ3v) is 12.4. The molecule has 0 aliphatic rings. The molecule has 9 aromatic carbocycles. The second kappa shape index (κ2) is 14.0. The van der Waals surface area contributed by atoms with Gasteiger partial charge in [-0.05, 0) is 59.2 Å². The van der Waals surface area contributed by atoms with E-state index < -0.39 is 0 Å². The summed E-state index contributed by atoms with van der Waals surface area (Å²) in [6.45, 7) is 0. The molecular weight excluding hydrogens is 771 g/mol. The first-order valence-corrected chi connectivity index (χ1v) is 21.2. The fraction of sp³-hybridized carbons (Fsp3) is 0. The Morgan fingerprint density at radius 2 is 0.905 bits per heavy atom. The number of furan rings is 1. The first kappa shape index (κ1) is 35.2. The van der Waals surface area contributed by atoms with Crippen LogP contribution in [0.15, 0.2) is 217 Å². The van der Waals surface area contributed by atoms with Crippen molar-refractivity contribution in [2.24, 2.45) is 0 Å². The van der Waals surface area contributed by atoms with Crippen molar-refractivity contribution in [3.8, 4) is 56.7 Å². The minimum Gasteiger partial charge on any atom is -0.456 e. The number of hydrogen-bond acceptors (Lipinski definition) is 4. The average molecular weight is 806 g/mol. The fourth-order valence-electron chi connectivity index (χ4n) is 9.54. The highest BCUT2D eigenvalue weighted by atomic mass is 16.3. The topological polar surface area (TPSA) is 61.7 Å². The van der Waals surface area contributed by atoms with Gasteiger partial charge >= 0.3 is 0 Å². The molecule has 0 aliphatic heterocycles. The number of aromatic nitrogens is 5. The van der Waals surface area contributed by atoms with Gasteiger partial charge in [0.2, 0.25) is 5.95 Å². The standard InChI is InChI=1S/C57H35N5O/c1-4-16-36(17-5-1)39-28-30-41(37-18-6-2-7-19-37)50(34-39)61-48-26-14-11-24-46(48)53-49(61)33-32-45-42-22-10-13-25-47(42)62(54(45)53)57-59-55(38-20-8-3-9-21-38)58-56(60-57)40-29-31-44-43-23-12-15-27-51(43)63-52(44)35-40/h1-35H. The van der Waals surface area contributed by atoms with Gasteiger partial charge in [0.25, 0.3) is 0 Å². The summed E-state index contributed by atoms with van der Waals surface area (Å²) in [7, 11) is 0. The molecule has 0 radical (unpaired) electrons. The Morgan fingerprint density at radius 1 is 0.333 bits per heavy atom. The van der Waals surface area contributed by atoms with E-state index in [1.165, 1.54) is 5.56 Å². The molecule has 0 bridgehead atoms. The summed E-state index contributed by atoms with van der Waals surface area (Å²) in [6.07, 6.45) is 0. The minimum atomic E-state index is 0.537. The maximum absolute atomic E-state index is 6.37. The Labute approximate surface area is 361 Å². The summed E-state index contributed by atoms with van der Waals surface area (Å²) in [5, 5.41) is 6.63. The molecule has 0 aliphatic carbocycles. The third-order valence-electron chi connectivity index (χ3n) is 12.4. The zero-order chi connectivity index (χ0) is 41.4. The first-order valence-electron chi connectivity index (χ1n) is 21.2. The van der Waals surface area contributed by atoms with E-state index in [9.17, 15) is 0 Å². The Balaban J connectivity index is 1.13. The maximum Gasteiger partial charge on any atom is 0.238 e. The van der Waals surface area contributed by atoms with Gasteiger partial charge < -0.3 is 8.98 Å². The predicted molar refractivity (Wildman–Crippen MR) is 258 cm³/mol. The summed E-state index contributed by atoms with van der Waals surface area (Å²) in [6, 6.07) is 74.6. The Kier molecular flexibility index (Phi) is 7.80. The van der Waals surface area contributed by atoms with E-state index >= 15 is 0 Å². The monoisotopic (exact) mass is 805 g/mol. The van der Waals surface area contributed by atoms with Crippen molar-refractivity contribution in [3.05, 3.63) is 212 Å². The summed E-state index contributed by atoms with van der Waals surface area (Å²) < 4.78 is 11.1. The third kappa shape index (κ3) is 5.55. The van der Waals surface area contributed by atoms with Crippen LogP contribution in [0.4, 0.5) is 0 Å². The number of rotatable bonds is 6. The zero-order valence-corrected chi connectivity index (χ0v) is 33.9. The van der Waals surface area contributed by atoms with Crippen LogP contribution < -0.4 is 0 Å². The average Bonchev–Trinajstić information content (AvgIpc) is 4.02. The van der Waals surface area contributed by atoms with Crippen molar-refractivity contribution in [2.45, 2.75) is 0 Å². The lowest BCUT2D eigenvalue weighted by Gasteiger charge is -2.16. The lowest BCUT2D eigenvalue weighted by molar-refractivity contribution is 0.669. The number of fused-ring (bicyclic) bond motifs is 10. The second-order valence-electron chi connectivity index (χ2n) is 16.0. The molecule has 0 saturated heterocycles. The molecular formula is C57H35N5O. The largest absolute Gasteiger partial charge is 0.456 e. The van der Waals surface area contributed by atoms with Crippen LogP contribution in [0.1, 0.15) is 0 Å². The van der Waals surface area contributed by atoms with Gasteiger partial charge in [-0.2, -0.15) is 9.97 Å². The van der Waals surface area contributed by atoms with Gasteiger partial charge in [0, 0.05) is 49.0 Å². The van der Waals surface area contributed by atoms with E-state index in [0.29, 0.717) is 17.6 Å². The quantitative estimate of drug-likeness (QED) is 0.168. The zero-order valence-electron chi connectivity index (χ0n) is 33.9. The molecule has 0 atom stereocenters. The molecule has 0 N–H and O–H groups in total. The van der Waals surface area contributed by atoms with Gasteiger partial charge in [-0.25, -0.2) is 4.98 Å². The predicted octanol–water partition coefficient (Wildman–Crippen LogP) is 14.6. The highest BCUT2D eigenvalue weighted by Crippen LogP contribution is 2.44. The van der Waals surface area contributed by atoms with Gasteiger partial charge in [0.1, 0.15) is 11.2 Å². The van der Waals surface area contributed by atoms with E-state index in [0.717, 1.165) is 99.1 Å². The summed E-state index contributed by atoms with van der Waals surface area (Å²) in [4.78, 5) is 15.9. The molecule has 13 aromatic rings. The van der Waals surface area contributed by atoms with Crippen molar-refractivity contribution >= 4 is 65.6 Å². The molecule has 6 nitrogen and oxygen atoms in total. The fourth-order valence-corrected chi connectivity index (χ4v) is 9.54. The smallest absolute Gasteiger partial charge is 0.238 e. The van der Waals surface area contributed by atoms with Crippen molar-refractivity contribution in [2.75, 3.05) is 0 Å². The number of para-hydroxylation sites is 3. The molecule has 13 rings (SSSR count). The first-order chi connectivity index (χ1) is 31.2. The van der Waals surface area contributed by atoms with E-state index in [4.69, 9.17) is 19.4 Å². The van der Waals surface area contributed by atoms with Crippen molar-refractivity contribution in [1.82, 2.24) is 24.1 Å². The van der Waals surface area contributed by atoms with Crippen LogP contribution in [0.3, 0.4) is 0 Å². The summed E-state index contributed by atoms with van der Waals surface area (Å²) in [5.41, 5.74) is 13.3. The Morgan fingerprint density at radius 3 is 1.67 bits per heavy atom. The van der Waals surface area contributed by atoms with E-state index in [1.807, 2.05) is 36.4 Å². The van der Waals surface area contributed by atoms with Crippen LogP contribution in [-0.2, 0) is 0 Å².